The van der Waals surface area contributed by atoms with Crippen LogP contribution >= 0.6 is 11.6 Å². The van der Waals surface area contributed by atoms with Crippen molar-refractivity contribution in [3.05, 3.63) is 88.5 Å². The van der Waals surface area contributed by atoms with E-state index in [0.717, 1.165) is 17.0 Å². The van der Waals surface area contributed by atoms with Gasteiger partial charge in [0.2, 0.25) is 0 Å². The lowest BCUT2D eigenvalue weighted by molar-refractivity contribution is -0.146. The van der Waals surface area contributed by atoms with Crippen molar-refractivity contribution < 1.29 is 14.3 Å². The highest BCUT2D eigenvalue weighted by Gasteiger charge is 2.37. The van der Waals surface area contributed by atoms with E-state index >= 15 is 0 Å². The SMILES string of the molecule is COC(=O)C1Cc2ncn(Cc3ccc(Cl)cc3)c2CN1C(=O)c1ccccc1. The highest BCUT2D eigenvalue weighted by Crippen LogP contribution is 2.26. The van der Waals surface area contributed by atoms with Gasteiger partial charge in [0.25, 0.3) is 5.91 Å². The summed E-state index contributed by atoms with van der Waals surface area (Å²) in [5.41, 5.74) is 3.34. The number of rotatable bonds is 4. The monoisotopic (exact) mass is 409 g/mol. The van der Waals surface area contributed by atoms with Crippen LogP contribution in [0.4, 0.5) is 0 Å². The molecule has 1 amide bonds. The number of benzene rings is 2. The molecule has 0 spiro atoms. The minimum atomic E-state index is -0.695. The van der Waals surface area contributed by atoms with Crippen molar-refractivity contribution in [2.45, 2.75) is 25.6 Å². The predicted octanol–water partition coefficient (Wildman–Crippen LogP) is 3.32. The summed E-state index contributed by atoms with van der Waals surface area (Å²) < 4.78 is 6.97. The van der Waals surface area contributed by atoms with Crippen LogP contribution in [-0.2, 0) is 29.0 Å². The average molecular weight is 410 g/mol. The number of fused-ring (bicyclic) bond motifs is 1. The molecule has 1 aliphatic rings. The van der Waals surface area contributed by atoms with Gasteiger partial charge in [-0.3, -0.25) is 4.79 Å². The number of imidazole rings is 1. The largest absolute Gasteiger partial charge is 0.467 e. The van der Waals surface area contributed by atoms with Crippen LogP contribution in [0.25, 0.3) is 0 Å². The minimum absolute atomic E-state index is 0.203. The molecule has 2 heterocycles. The van der Waals surface area contributed by atoms with Gasteiger partial charge in [-0.25, -0.2) is 9.78 Å². The second-order valence-corrected chi connectivity index (χ2v) is 7.37. The van der Waals surface area contributed by atoms with Gasteiger partial charge in [0, 0.05) is 23.6 Å². The molecule has 148 valence electrons. The van der Waals surface area contributed by atoms with Gasteiger partial charge in [-0.05, 0) is 29.8 Å². The van der Waals surface area contributed by atoms with Crippen molar-refractivity contribution >= 4 is 23.5 Å². The van der Waals surface area contributed by atoms with E-state index < -0.39 is 12.0 Å². The Bertz CT molecular complexity index is 1030. The molecule has 0 bridgehead atoms. The van der Waals surface area contributed by atoms with E-state index in [4.69, 9.17) is 16.3 Å². The van der Waals surface area contributed by atoms with Gasteiger partial charge in [0.1, 0.15) is 6.04 Å². The van der Waals surface area contributed by atoms with Crippen molar-refractivity contribution in [3.63, 3.8) is 0 Å². The van der Waals surface area contributed by atoms with E-state index in [1.54, 1.807) is 35.5 Å². The van der Waals surface area contributed by atoms with Gasteiger partial charge in [-0.2, -0.15) is 0 Å². The van der Waals surface area contributed by atoms with E-state index in [-0.39, 0.29) is 12.5 Å². The smallest absolute Gasteiger partial charge is 0.329 e. The maximum atomic E-state index is 13.1. The zero-order chi connectivity index (χ0) is 20.4. The van der Waals surface area contributed by atoms with Crippen LogP contribution in [0.3, 0.4) is 0 Å². The average Bonchev–Trinajstić information content (AvgIpc) is 3.15. The standard InChI is InChI=1S/C22H20ClN3O3/c1-29-22(28)19-11-18-20(13-26(19)21(27)16-5-3-2-4-6-16)25(14-24-18)12-15-7-9-17(23)10-8-15/h2-10,14,19H,11-13H2,1H3. The number of nitrogens with zero attached hydrogens (tertiary/aromatic N) is 3. The van der Waals surface area contributed by atoms with Crippen LogP contribution in [0.1, 0.15) is 27.3 Å². The molecule has 6 nitrogen and oxygen atoms in total. The van der Waals surface area contributed by atoms with Crippen molar-refractivity contribution in [1.29, 1.82) is 0 Å². The van der Waals surface area contributed by atoms with Crippen molar-refractivity contribution in [1.82, 2.24) is 14.5 Å². The summed E-state index contributed by atoms with van der Waals surface area (Å²) in [6.07, 6.45) is 2.08. The number of carbonyl (C=O) groups excluding carboxylic acids is 2. The maximum absolute atomic E-state index is 13.1. The maximum Gasteiger partial charge on any atom is 0.329 e. The topological polar surface area (TPSA) is 64.4 Å². The third kappa shape index (κ3) is 3.89. The number of hydrogen-bond donors (Lipinski definition) is 0. The fourth-order valence-electron chi connectivity index (χ4n) is 3.60. The predicted molar refractivity (Wildman–Crippen MR) is 109 cm³/mol. The molecule has 1 aromatic heterocycles. The van der Waals surface area contributed by atoms with E-state index in [2.05, 4.69) is 4.98 Å². The van der Waals surface area contributed by atoms with Crippen LogP contribution in [0.2, 0.25) is 5.02 Å². The first-order valence-corrected chi connectivity index (χ1v) is 9.66. The van der Waals surface area contributed by atoms with Crippen molar-refractivity contribution in [2.75, 3.05) is 7.11 Å². The molecular weight excluding hydrogens is 390 g/mol. The van der Waals surface area contributed by atoms with Crippen LogP contribution in [0.5, 0.6) is 0 Å². The number of methoxy groups -OCH3 is 1. The molecule has 0 saturated carbocycles. The molecule has 1 atom stereocenters. The van der Waals surface area contributed by atoms with Crippen molar-refractivity contribution in [3.8, 4) is 0 Å². The van der Waals surface area contributed by atoms with Crippen LogP contribution in [0, 0.1) is 0 Å². The van der Waals surface area contributed by atoms with Gasteiger partial charge in [0.05, 0.1) is 31.4 Å². The summed E-state index contributed by atoms with van der Waals surface area (Å²) in [6.45, 7) is 0.895. The summed E-state index contributed by atoms with van der Waals surface area (Å²) in [5.74, 6) is -0.641. The Morgan fingerprint density at radius 1 is 1.14 bits per heavy atom. The number of esters is 1. The number of amides is 1. The molecule has 3 aromatic rings. The first-order valence-electron chi connectivity index (χ1n) is 9.28. The number of carbonyl (C=O) groups is 2. The number of ether oxygens (including phenoxy) is 1. The molecular formula is C22H20ClN3O3. The number of hydrogen-bond acceptors (Lipinski definition) is 4. The third-order valence-electron chi connectivity index (χ3n) is 5.14. The summed E-state index contributed by atoms with van der Waals surface area (Å²) in [7, 11) is 1.34. The molecule has 29 heavy (non-hydrogen) atoms. The van der Waals surface area contributed by atoms with E-state index in [1.165, 1.54) is 7.11 Å². The molecule has 2 aromatic carbocycles. The highest BCUT2D eigenvalue weighted by atomic mass is 35.5. The van der Waals surface area contributed by atoms with Gasteiger partial charge in [0.15, 0.2) is 0 Å². The second kappa shape index (κ2) is 8.09. The summed E-state index contributed by atoms with van der Waals surface area (Å²) in [5, 5.41) is 0.682. The molecule has 0 fully saturated rings. The molecule has 4 rings (SSSR count). The fraction of sp³-hybridized carbons (Fsp3) is 0.227. The lowest BCUT2D eigenvalue weighted by Gasteiger charge is -2.34. The van der Waals surface area contributed by atoms with Crippen LogP contribution in [0.15, 0.2) is 60.9 Å². The summed E-state index contributed by atoms with van der Waals surface area (Å²) >= 11 is 5.97. The molecule has 0 aliphatic carbocycles. The zero-order valence-electron chi connectivity index (χ0n) is 15.9. The van der Waals surface area contributed by atoms with Crippen molar-refractivity contribution in [2.24, 2.45) is 0 Å². The minimum Gasteiger partial charge on any atom is -0.467 e. The Hall–Kier alpha value is -3.12. The van der Waals surface area contributed by atoms with Gasteiger partial charge >= 0.3 is 5.97 Å². The Morgan fingerprint density at radius 2 is 1.86 bits per heavy atom. The Labute approximate surface area is 173 Å². The van der Waals surface area contributed by atoms with E-state index in [1.807, 2.05) is 34.9 Å². The molecule has 1 aliphatic heterocycles. The quantitative estimate of drug-likeness (QED) is 0.620. The lowest BCUT2D eigenvalue weighted by Crippen LogP contribution is -2.49. The lowest BCUT2D eigenvalue weighted by atomic mass is 10.0. The summed E-state index contributed by atoms with van der Waals surface area (Å²) in [4.78, 5) is 31.6. The molecule has 0 radical (unpaired) electrons. The molecule has 1 unspecified atom stereocenters. The van der Waals surface area contributed by atoms with Crippen LogP contribution < -0.4 is 0 Å². The first kappa shape index (κ1) is 19.2. The summed E-state index contributed by atoms with van der Waals surface area (Å²) in [6, 6.07) is 15.9. The van der Waals surface area contributed by atoms with Gasteiger partial charge in [-0.15, -0.1) is 0 Å². The Kier molecular flexibility index (Phi) is 5.36. The third-order valence-corrected chi connectivity index (χ3v) is 5.39. The second-order valence-electron chi connectivity index (χ2n) is 6.93. The molecule has 7 heteroatoms. The molecule has 0 saturated heterocycles. The fourth-order valence-corrected chi connectivity index (χ4v) is 3.72. The Morgan fingerprint density at radius 3 is 2.55 bits per heavy atom. The van der Waals surface area contributed by atoms with E-state index in [0.29, 0.717) is 23.6 Å². The van der Waals surface area contributed by atoms with E-state index in [9.17, 15) is 9.59 Å². The zero-order valence-corrected chi connectivity index (χ0v) is 16.7. The van der Waals surface area contributed by atoms with Gasteiger partial charge < -0.3 is 14.2 Å². The van der Waals surface area contributed by atoms with Crippen LogP contribution in [-0.4, -0.2) is 39.5 Å². The first-order chi connectivity index (χ1) is 14.1. The Balaban J connectivity index is 1.66. The highest BCUT2D eigenvalue weighted by molar-refractivity contribution is 6.30. The van der Waals surface area contributed by atoms with Gasteiger partial charge in [-0.1, -0.05) is 41.9 Å². The number of aromatic nitrogens is 2. The number of halogens is 1. The molecule has 0 N–H and O–H groups in total. The normalized spacial score (nSPS) is 15.7.